The zero-order chi connectivity index (χ0) is 53.8. The van der Waals surface area contributed by atoms with Gasteiger partial charge in [-0.25, -0.2) is 46.2 Å². The molecule has 6 aromatic rings. The highest BCUT2D eigenvalue weighted by Crippen LogP contribution is 2.36. The second-order valence-electron chi connectivity index (χ2n) is 17.6. The molecule has 2 aromatic heterocycles. The van der Waals surface area contributed by atoms with Crippen LogP contribution in [0.3, 0.4) is 0 Å². The molecule has 0 saturated carbocycles. The molecule has 4 aromatic carbocycles. The average molecular weight is 1110 g/mol. The van der Waals surface area contributed by atoms with E-state index in [0.29, 0.717) is 28.2 Å². The fourth-order valence-electron chi connectivity index (χ4n) is 7.09. The van der Waals surface area contributed by atoms with Crippen LogP contribution < -0.4 is 37.0 Å². The summed E-state index contributed by atoms with van der Waals surface area (Å²) in [6.07, 6.45) is 6.57. The zero-order valence-corrected chi connectivity index (χ0v) is 43.7. The summed E-state index contributed by atoms with van der Waals surface area (Å²) in [5.74, 6) is -2.68. The third-order valence-electron chi connectivity index (χ3n) is 11.5. The molecule has 0 bridgehead atoms. The summed E-state index contributed by atoms with van der Waals surface area (Å²) in [5, 5.41) is 5.14. The third kappa shape index (κ3) is 12.9. The molecule has 0 radical (unpaired) electrons. The maximum absolute atomic E-state index is 12.7. The first kappa shape index (κ1) is 54.0. The van der Waals surface area contributed by atoms with Crippen LogP contribution in [0.4, 0.5) is 23.0 Å². The number of amides is 4. The van der Waals surface area contributed by atoms with Gasteiger partial charge in [0.2, 0.25) is 11.8 Å². The van der Waals surface area contributed by atoms with E-state index in [1.54, 1.807) is 6.21 Å². The number of nitrogens with zero attached hydrogens (tertiary/aromatic N) is 6. The fraction of sp³-hybridized carbons (Fsp3) is 0.208. The summed E-state index contributed by atoms with van der Waals surface area (Å²) >= 11 is 3.09. The molecule has 0 aliphatic carbocycles. The van der Waals surface area contributed by atoms with Crippen molar-refractivity contribution in [2.24, 2.45) is 9.98 Å². The first-order valence-electron chi connectivity index (χ1n) is 22.2. The van der Waals surface area contributed by atoms with E-state index in [1.165, 1.54) is 72.1 Å². The third-order valence-corrected chi connectivity index (χ3v) is 14.8. The minimum absolute atomic E-state index is 0.0411. The van der Waals surface area contributed by atoms with Gasteiger partial charge in [-0.15, -0.1) is 0 Å². The quantitative estimate of drug-likeness (QED) is 0.102. The fourth-order valence-corrected chi connectivity index (χ4v) is 9.35. The van der Waals surface area contributed by atoms with Crippen LogP contribution in [0, 0.1) is 0 Å². The minimum Gasteiger partial charge on any atom is -0.399 e. The number of rotatable bonds is 10. The smallest absolute Gasteiger partial charge is 0.399 e. The molecule has 1 saturated heterocycles. The molecule has 74 heavy (non-hydrogen) atoms. The van der Waals surface area contributed by atoms with Gasteiger partial charge < -0.3 is 31.4 Å². The summed E-state index contributed by atoms with van der Waals surface area (Å²) in [7, 11) is -8.17. The molecule has 3 aliphatic rings. The van der Waals surface area contributed by atoms with Crippen LogP contribution >= 0.6 is 15.9 Å². The van der Waals surface area contributed by atoms with Gasteiger partial charge in [-0.2, -0.15) is 0 Å². The van der Waals surface area contributed by atoms with Gasteiger partial charge in [-0.1, -0.05) is 30.3 Å². The Bertz CT molecular complexity index is 3470. The lowest BCUT2D eigenvalue weighted by atomic mass is 9.78. The van der Waals surface area contributed by atoms with Crippen molar-refractivity contribution in [3.63, 3.8) is 0 Å². The van der Waals surface area contributed by atoms with E-state index < -0.39 is 43.7 Å². The predicted octanol–water partition coefficient (Wildman–Crippen LogP) is 4.55. The Labute approximate surface area is 434 Å². The van der Waals surface area contributed by atoms with E-state index in [1.807, 2.05) is 33.9 Å². The number of aliphatic imine (C=N–C) groups is 2. The van der Waals surface area contributed by atoms with Gasteiger partial charge >= 0.3 is 7.12 Å². The van der Waals surface area contributed by atoms with Crippen LogP contribution in [0.1, 0.15) is 84.8 Å². The number of nitrogens with one attached hydrogen (secondary N) is 4. The highest BCUT2D eigenvalue weighted by atomic mass is 79.9. The Morgan fingerprint density at radius 3 is 1.55 bits per heavy atom. The number of nitrogen functional groups attached to an aromatic ring is 2. The van der Waals surface area contributed by atoms with Crippen molar-refractivity contribution in [1.29, 1.82) is 0 Å². The van der Waals surface area contributed by atoms with Crippen LogP contribution in [0.15, 0.2) is 122 Å². The maximum Gasteiger partial charge on any atom is 0.494 e. The van der Waals surface area contributed by atoms with Crippen molar-refractivity contribution in [3.05, 3.63) is 136 Å². The summed E-state index contributed by atoms with van der Waals surface area (Å²) in [6, 6.07) is 22.6. The molecule has 4 amide bonds. The van der Waals surface area contributed by atoms with Gasteiger partial charge in [0.25, 0.3) is 31.9 Å². The Kier molecular flexibility index (Phi) is 15.9. The summed E-state index contributed by atoms with van der Waals surface area (Å²) < 4.78 is 63.8. The molecule has 26 heteroatoms. The second kappa shape index (κ2) is 21.7. The molecular formula is C48H48BBrN12O10S2. The number of sulfonamides is 2. The largest absolute Gasteiger partial charge is 0.494 e. The Morgan fingerprint density at radius 2 is 1.07 bits per heavy atom. The van der Waals surface area contributed by atoms with E-state index in [-0.39, 0.29) is 51.1 Å². The number of hydrogen-bond acceptors (Lipinski definition) is 18. The first-order chi connectivity index (χ1) is 34.8. The molecular weight excluding hydrogens is 1060 g/mol. The number of nitrogens with two attached hydrogens (primary N) is 2. The summed E-state index contributed by atoms with van der Waals surface area (Å²) in [5.41, 5.74) is 18.3. The van der Waals surface area contributed by atoms with Gasteiger partial charge in [0.05, 0.1) is 52.2 Å². The summed E-state index contributed by atoms with van der Waals surface area (Å²) in [4.78, 5) is 71.3. The Hall–Kier alpha value is -7.78. The zero-order valence-electron chi connectivity index (χ0n) is 40.5. The van der Waals surface area contributed by atoms with Crippen LogP contribution in [-0.2, 0) is 52.0 Å². The minimum atomic E-state index is -3.97. The van der Waals surface area contributed by atoms with Crippen molar-refractivity contribution in [3.8, 4) is 11.3 Å². The van der Waals surface area contributed by atoms with E-state index in [9.17, 15) is 36.0 Å². The molecule has 3 aliphatic heterocycles. The number of aromatic nitrogens is 4. The predicted molar refractivity (Wildman–Crippen MR) is 282 cm³/mol. The molecule has 0 unspecified atom stereocenters. The number of carbonyl (C=O) groups excluding carboxylic acids is 4. The molecule has 22 nitrogen and oxygen atoms in total. The average Bonchev–Trinajstić information content (AvgIpc) is 4.06. The number of benzene rings is 4. The first-order valence-corrected chi connectivity index (χ1v) is 26.0. The SMILES string of the molecule is CC(=O)NS(=O)(=O)c1ccc(NC(=O)c2nc(-c3ccc4c(c3)CN=C4)cnc2N)cc1.CC(=O)NS(=O)(=O)c1ccc(NC(=O)c2nc(Br)cnc2N)cc1.CC1(C)OB(c2ccc3c(c2)CN=C3)OC1(C)C. The molecule has 8 N–H and O–H groups in total. The molecule has 0 spiro atoms. The number of halogens is 1. The molecule has 9 rings (SSSR count). The number of anilines is 4. The van der Waals surface area contributed by atoms with Crippen LogP contribution in [0.25, 0.3) is 11.3 Å². The number of hydrogen-bond donors (Lipinski definition) is 6. The van der Waals surface area contributed by atoms with Gasteiger partial charge in [0.1, 0.15) is 4.60 Å². The summed E-state index contributed by atoms with van der Waals surface area (Å²) in [6.45, 7) is 11.8. The number of carbonyl (C=O) groups is 4. The van der Waals surface area contributed by atoms with Crippen LogP contribution in [0.5, 0.6) is 0 Å². The van der Waals surface area contributed by atoms with E-state index in [2.05, 4.69) is 102 Å². The van der Waals surface area contributed by atoms with Crippen LogP contribution in [-0.4, -0.2) is 91.1 Å². The lowest BCUT2D eigenvalue weighted by Gasteiger charge is -2.32. The standard InChI is InChI=1S/C21H18N6O4S.C14H18BNO2.C13H12BrN5O4S/c1-12(28)27-32(30,31)17-6-4-16(5-7-17)25-21(29)19-20(22)24-11-18(26-19)13-2-3-14-9-23-10-15(14)8-13;1-13(2)14(3,4)18-15(17-13)12-6-5-10-8-16-9-11(10)7-12;1-7(20)19-24(22,23)9-4-2-8(3-5-9)17-13(21)11-12(15)16-6-10(14)18-11/h2-9,11H,10H2,1H3,(H2,22,24)(H,25,29)(H,27,28);5-8H,9H2,1-4H3;2-6H,1H3,(H2,15,16)(H,17,21)(H,19,20). The van der Waals surface area contributed by atoms with Crippen molar-refractivity contribution in [1.82, 2.24) is 29.4 Å². The molecule has 1 fully saturated rings. The van der Waals surface area contributed by atoms with Gasteiger partial charge in [0, 0.05) is 43.2 Å². The van der Waals surface area contributed by atoms with Crippen molar-refractivity contribution < 1.29 is 45.3 Å². The number of fused-ring (bicyclic) bond motifs is 2. The van der Waals surface area contributed by atoms with Crippen molar-refractivity contribution in [2.75, 3.05) is 22.1 Å². The lowest BCUT2D eigenvalue weighted by molar-refractivity contribution is -0.118. The second-order valence-corrected chi connectivity index (χ2v) is 21.8. The van der Waals surface area contributed by atoms with E-state index in [0.717, 1.165) is 42.5 Å². The van der Waals surface area contributed by atoms with Gasteiger partial charge in [0.15, 0.2) is 23.0 Å². The topological polar surface area (TPSA) is 331 Å². The van der Waals surface area contributed by atoms with Gasteiger partial charge in [-0.05, 0) is 126 Å². The molecule has 382 valence electrons. The maximum atomic E-state index is 12.7. The van der Waals surface area contributed by atoms with Crippen LogP contribution in [0.2, 0.25) is 0 Å². The normalized spacial score (nSPS) is 14.6. The van der Waals surface area contributed by atoms with Gasteiger partial charge in [-0.3, -0.25) is 29.2 Å². The highest BCUT2D eigenvalue weighted by Gasteiger charge is 2.51. The Balaban J connectivity index is 0.000000169. The van der Waals surface area contributed by atoms with E-state index >= 15 is 0 Å². The monoisotopic (exact) mass is 1110 g/mol. The lowest BCUT2D eigenvalue weighted by Crippen LogP contribution is -2.41. The van der Waals surface area contributed by atoms with Crippen molar-refractivity contribution in [2.45, 2.75) is 75.6 Å². The van der Waals surface area contributed by atoms with Crippen molar-refractivity contribution >= 4 is 108 Å². The molecule has 5 heterocycles. The molecule has 0 atom stereocenters. The highest BCUT2D eigenvalue weighted by molar-refractivity contribution is 9.10. The Morgan fingerprint density at radius 1 is 0.622 bits per heavy atom. The van der Waals surface area contributed by atoms with E-state index in [4.69, 9.17) is 20.8 Å².